The van der Waals surface area contributed by atoms with E-state index in [0.717, 1.165) is 6.42 Å². The average Bonchev–Trinajstić information content (AvgIpc) is 2.15. The quantitative estimate of drug-likeness (QED) is 0.660. The van der Waals surface area contributed by atoms with Crippen LogP contribution in [0.5, 0.6) is 0 Å². The standard InChI is InChI=1S/C6H7NS2/c7-6(8)3-5-1-2-9-4-5/h1-2,4H,3H2,(H2,7,8). The number of hydrogen-bond acceptors (Lipinski definition) is 2. The Morgan fingerprint density at radius 2 is 2.56 bits per heavy atom. The number of thiocarbonyl (C=S) groups is 1. The van der Waals surface area contributed by atoms with Gasteiger partial charge in [-0.15, -0.1) is 0 Å². The van der Waals surface area contributed by atoms with Crippen molar-refractivity contribution in [3.8, 4) is 0 Å². The molecule has 1 heterocycles. The molecule has 0 amide bonds. The number of hydrogen-bond donors (Lipinski definition) is 1. The Morgan fingerprint density at radius 1 is 1.78 bits per heavy atom. The summed E-state index contributed by atoms with van der Waals surface area (Å²) in [6, 6.07) is 2.03. The minimum absolute atomic E-state index is 0.563. The molecule has 0 aliphatic rings. The lowest BCUT2D eigenvalue weighted by atomic mass is 10.2. The van der Waals surface area contributed by atoms with E-state index in [1.165, 1.54) is 5.56 Å². The minimum atomic E-state index is 0.563. The zero-order valence-corrected chi connectivity index (χ0v) is 6.47. The third-order valence-corrected chi connectivity index (χ3v) is 1.83. The van der Waals surface area contributed by atoms with E-state index in [1.807, 2.05) is 11.4 Å². The SMILES string of the molecule is NC(=S)Cc1ccsc1. The number of thiophene rings is 1. The van der Waals surface area contributed by atoms with Gasteiger partial charge in [-0.1, -0.05) is 12.2 Å². The molecule has 0 atom stereocenters. The van der Waals surface area contributed by atoms with Gasteiger partial charge < -0.3 is 5.73 Å². The van der Waals surface area contributed by atoms with Gasteiger partial charge in [-0.05, 0) is 22.4 Å². The molecule has 0 aliphatic carbocycles. The summed E-state index contributed by atoms with van der Waals surface area (Å²) in [5.41, 5.74) is 6.54. The molecule has 0 fully saturated rings. The van der Waals surface area contributed by atoms with Crippen LogP contribution < -0.4 is 5.73 Å². The molecule has 0 aliphatic heterocycles. The van der Waals surface area contributed by atoms with Crippen LogP contribution in [0.15, 0.2) is 16.8 Å². The lowest BCUT2D eigenvalue weighted by Gasteiger charge is -1.90. The second-order valence-corrected chi connectivity index (χ2v) is 3.08. The fraction of sp³-hybridized carbons (Fsp3) is 0.167. The summed E-state index contributed by atoms with van der Waals surface area (Å²) in [6.45, 7) is 0. The van der Waals surface area contributed by atoms with Gasteiger partial charge >= 0.3 is 0 Å². The van der Waals surface area contributed by atoms with Gasteiger partial charge in [-0.3, -0.25) is 0 Å². The fourth-order valence-electron chi connectivity index (χ4n) is 0.594. The van der Waals surface area contributed by atoms with Crippen molar-refractivity contribution in [2.45, 2.75) is 6.42 Å². The maximum Gasteiger partial charge on any atom is 0.0772 e. The van der Waals surface area contributed by atoms with E-state index < -0.39 is 0 Å². The van der Waals surface area contributed by atoms with Crippen LogP contribution in [-0.2, 0) is 6.42 Å². The van der Waals surface area contributed by atoms with Crippen molar-refractivity contribution in [3.63, 3.8) is 0 Å². The summed E-state index contributed by atoms with van der Waals surface area (Å²) in [4.78, 5) is 0.563. The molecule has 9 heavy (non-hydrogen) atoms. The van der Waals surface area contributed by atoms with E-state index >= 15 is 0 Å². The van der Waals surface area contributed by atoms with Crippen LogP contribution >= 0.6 is 23.6 Å². The first-order valence-corrected chi connectivity index (χ1v) is 3.93. The molecule has 48 valence electrons. The third-order valence-electron chi connectivity index (χ3n) is 0.958. The van der Waals surface area contributed by atoms with Crippen LogP contribution in [0.1, 0.15) is 5.56 Å². The van der Waals surface area contributed by atoms with Gasteiger partial charge in [0.05, 0.1) is 4.99 Å². The monoisotopic (exact) mass is 157 g/mol. The van der Waals surface area contributed by atoms with Gasteiger partial charge in [0.2, 0.25) is 0 Å². The molecular formula is C6H7NS2. The molecule has 0 saturated carbocycles. The molecule has 0 aromatic carbocycles. The molecule has 0 bridgehead atoms. The first-order chi connectivity index (χ1) is 4.29. The second kappa shape index (κ2) is 2.94. The normalized spacial score (nSPS) is 9.33. The predicted octanol–water partition coefficient (Wildman–Crippen LogP) is 1.58. The van der Waals surface area contributed by atoms with Crippen LogP contribution in [0.2, 0.25) is 0 Å². The van der Waals surface area contributed by atoms with Gasteiger partial charge in [-0.2, -0.15) is 11.3 Å². The Morgan fingerprint density at radius 3 is 3.00 bits per heavy atom. The van der Waals surface area contributed by atoms with Crippen molar-refractivity contribution in [2.75, 3.05) is 0 Å². The van der Waals surface area contributed by atoms with E-state index in [1.54, 1.807) is 11.3 Å². The Hall–Kier alpha value is -0.410. The van der Waals surface area contributed by atoms with Crippen molar-refractivity contribution in [1.82, 2.24) is 0 Å². The topological polar surface area (TPSA) is 26.0 Å². The molecule has 2 N–H and O–H groups in total. The minimum Gasteiger partial charge on any atom is -0.393 e. The number of rotatable bonds is 2. The van der Waals surface area contributed by atoms with E-state index in [-0.39, 0.29) is 0 Å². The van der Waals surface area contributed by atoms with Crippen molar-refractivity contribution < 1.29 is 0 Å². The maximum atomic E-state index is 5.32. The molecule has 1 aromatic rings. The summed E-state index contributed by atoms with van der Waals surface area (Å²) in [7, 11) is 0. The van der Waals surface area contributed by atoms with Crippen LogP contribution in [-0.4, -0.2) is 4.99 Å². The molecule has 1 rings (SSSR count). The largest absolute Gasteiger partial charge is 0.393 e. The van der Waals surface area contributed by atoms with Gasteiger partial charge in [-0.25, -0.2) is 0 Å². The molecule has 0 unspecified atom stereocenters. The van der Waals surface area contributed by atoms with Crippen molar-refractivity contribution in [3.05, 3.63) is 22.4 Å². The van der Waals surface area contributed by atoms with Crippen LogP contribution in [0, 0.1) is 0 Å². The highest BCUT2D eigenvalue weighted by Gasteiger charge is 1.92. The van der Waals surface area contributed by atoms with Crippen molar-refractivity contribution in [2.24, 2.45) is 5.73 Å². The fourth-order valence-corrected chi connectivity index (χ4v) is 1.43. The van der Waals surface area contributed by atoms with Gasteiger partial charge in [0, 0.05) is 6.42 Å². The van der Waals surface area contributed by atoms with Crippen molar-refractivity contribution >= 4 is 28.5 Å². The Labute approximate surface area is 63.5 Å². The summed E-state index contributed by atoms with van der Waals surface area (Å²) in [6.07, 6.45) is 0.735. The van der Waals surface area contributed by atoms with Gasteiger partial charge in [0.15, 0.2) is 0 Å². The lowest BCUT2D eigenvalue weighted by Crippen LogP contribution is -2.10. The molecule has 1 nitrogen and oxygen atoms in total. The Kier molecular flexibility index (Phi) is 2.19. The lowest BCUT2D eigenvalue weighted by molar-refractivity contribution is 1.37. The van der Waals surface area contributed by atoms with E-state index in [4.69, 9.17) is 18.0 Å². The Bertz CT molecular complexity index is 191. The maximum absolute atomic E-state index is 5.32. The second-order valence-electron chi connectivity index (χ2n) is 1.77. The van der Waals surface area contributed by atoms with E-state index in [2.05, 4.69) is 5.38 Å². The highest BCUT2D eigenvalue weighted by atomic mass is 32.1. The van der Waals surface area contributed by atoms with Crippen LogP contribution in [0.3, 0.4) is 0 Å². The highest BCUT2D eigenvalue weighted by Crippen LogP contribution is 2.05. The number of nitrogens with two attached hydrogens (primary N) is 1. The molecule has 0 spiro atoms. The van der Waals surface area contributed by atoms with E-state index in [0.29, 0.717) is 4.99 Å². The van der Waals surface area contributed by atoms with Gasteiger partial charge in [0.25, 0.3) is 0 Å². The summed E-state index contributed by atoms with van der Waals surface area (Å²) >= 11 is 6.39. The predicted molar refractivity (Wildman–Crippen MR) is 44.8 cm³/mol. The Balaban J connectivity index is 2.58. The summed E-state index contributed by atoms with van der Waals surface area (Å²) in [5, 5.41) is 4.08. The van der Waals surface area contributed by atoms with Crippen LogP contribution in [0.4, 0.5) is 0 Å². The highest BCUT2D eigenvalue weighted by molar-refractivity contribution is 7.80. The third kappa shape index (κ3) is 2.11. The molecule has 3 heteroatoms. The zero-order valence-electron chi connectivity index (χ0n) is 4.83. The summed E-state index contributed by atoms with van der Waals surface area (Å²) < 4.78 is 0. The zero-order chi connectivity index (χ0) is 6.69. The molecule has 1 aromatic heterocycles. The molecular weight excluding hydrogens is 150 g/mol. The van der Waals surface area contributed by atoms with Gasteiger partial charge in [0.1, 0.15) is 0 Å². The molecule has 0 radical (unpaired) electrons. The van der Waals surface area contributed by atoms with E-state index in [9.17, 15) is 0 Å². The van der Waals surface area contributed by atoms with Crippen molar-refractivity contribution in [1.29, 1.82) is 0 Å². The molecule has 0 saturated heterocycles. The smallest absolute Gasteiger partial charge is 0.0772 e. The average molecular weight is 157 g/mol. The summed E-state index contributed by atoms with van der Waals surface area (Å²) in [5.74, 6) is 0. The first-order valence-electron chi connectivity index (χ1n) is 2.58. The first kappa shape index (κ1) is 6.71. The van der Waals surface area contributed by atoms with Crippen LogP contribution in [0.25, 0.3) is 0 Å².